The van der Waals surface area contributed by atoms with Gasteiger partial charge in [0.2, 0.25) is 5.89 Å². The summed E-state index contributed by atoms with van der Waals surface area (Å²) in [6.07, 6.45) is 6.20. The molecule has 132 valence electrons. The summed E-state index contributed by atoms with van der Waals surface area (Å²) in [6, 6.07) is 7.55. The summed E-state index contributed by atoms with van der Waals surface area (Å²) in [4.78, 5) is 16.7. The van der Waals surface area contributed by atoms with Crippen molar-refractivity contribution in [3.63, 3.8) is 0 Å². The van der Waals surface area contributed by atoms with Gasteiger partial charge in [-0.2, -0.15) is 0 Å². The lowest BCUT2D eigenvalue weighted by Gasteiger charge is -2.33. The first-order valence-corrected chi connectivity index (χ1v) is 8.91. The van der Waals surface area contributed by atoms with E-state index in [4.69, 9.17) is 9.15 Å². The van der Waals surface area contributed by atoms with E-state index in [9.17, 15) is 4.79 Å². The summed E-state index contributed by atoms with van der Waals surface area (Å²) in [5.74, 6) is 1.00. The van der Waals surface area contributed by atoms with Crippen LogP contribution in [-0.2, 0) is 4.74 Å². The number of aryl methyl sites for hydroxylation is 1. The van der Waals surface area contributed by atoms with Crippen LogP contribution in [0.2, 0.25) is 0 Å². The Labute approximate surface area is 147 Å². The number of carbonyl (C=O) groups excluding carboxylic acids is 1. The maximum absolute atomic E-state index is 12.4. The summed E-state index contributed by atoms with van der Waals surface area (Å²) in [7, 11) is 0. The van der Waals surface area contributed by atoms with Crippen LogP contribution in [-0.4, -0.2) is 29.8 Å². The molecule has 3 atom stereocenters. The Bertz CT molecular complexity index is 758. The lowest BCUT2D eigenvalue weighted by Crippen LogP contribution is -2.47. The number of amides is 2. The van der Waals surface area contributed by atoms with Crippen LogP contribution in [0.25, 0.3) is 11.5 Å². The summed E-state index contributed by atoms with van der Waals surface area (Å²) in [5.41, 5.74) is 2.39. The molecule has 4 rings (SSSR count). The average Bonchev–Trinajstić information content (AvgIpc) is 3.24. The molecule has 1 aromatic carbocycles. The number of ether oxygens (including phenoxy) is 1. The minimum atomic E-state index is -0.168. The van der Waals surface area contributed by atoms with Crippen LogP contribution in [0.3, 0.4) is 0 Å². The van der Waals surface area contributed by atoms with Crippen molar-refractivity contribution in [1.29, 1.82) is 0 Å². The van der Waals surface area contributed by atoms with Gasteiger partial charge in [-0.1, -0.05) is 6.07 Å². The Kier molecular flexibility index (Phi) is 4.44. The monoisotopic (exact) mass is 341 g/mol. The predicted octanol–water partition coefficient (Wildman–Crippen LogP) is 3.73. The highest BCUT2D eigenvalue weighted by Crippen LogP contribution is 2.34. The lowest BCUT2D eigenvalue weighted by molar-refractivity contribution is 0.0553. The quantitative estimate of drug-likeness (QED) is 0.892. The number of rotatable bonds is 3. The lowest BCUT2D eigenvalue weighted by atomic mass is 9.82. The molecule has 6 nitrogen and oxygen atoms in total. The second-order valence-electron chi connectivity index (χ2n) is 6.87. The van der Waals surface area contributed by atoms with Crippen molar-refractivity contribution in [3.8, 4) is 11.5 Å². The Hall–Kier alpha value is -2.34. The average molecular weight is 341 g/mol. The number of hydrogen-bond donors (Lipinski definition) is 2. The second kappa shape index (κ2) is 6.88. The fraction of sp³-hybridized carbons (Fsp3) is 0.474. The van der Waals surface area contributed by atoms with E-state index in [0.717, 1.165) is 49.2 Å². The highest BCUT2D eigenvalue weighted by atomic mass is 16.5. The molecule has 2 amide bonds. The molecule has 2 aromatic rings. The van der Waals surface area contributed by atoms with E-state index in [-0.39, 0.29) is 12.1 Å². The molecule has 2 N–H and O–H groups in total. The zero-order chi connectivity index (χ0) is 17.2. The van der Waals surface area contributed by atoms with Crippen LogP contribution in [0.1, 0.15) is 31.4 Å². The fourth-order valence-electron chi connectivity index (χ4n) is 3.91. The number of oxazole rings is 1. The molecule has 1 aromatic heterocycles. The van der Waals surface area contributed by atoms with E-state index in [1.165, 1.54) is 0 Å². The molecule has 25 heavy (non-hydrogen) atoms. The molecule has 1 aliphatic carbocycles. The van der Waals surface area contributed by atoms with Crippen molar-refractivity contribution in [2.24, 2.45) is 5.92 Å². The number of urea groups is 1. The van der Waals surface area contributed by atoms with Crippen LogP contribution in [0, 0.1) is 12.8 Å². The molecule has 2 aliphatic rings. The molecular weight excluding hydrogens is 318 g/mol. The van der Waals surface area contributed by atoms with Gasteiger partial charge in [-0.15, -0.1) is 0 Å². The Morgan fingerprint density at radius 2 is 2.20 bits per heavy atom. The number of nitrogens with one attached hydrogen (secondary N) is 2. The highest BCUT2D eigenvalue weighted by molar-refractivity contribution is 5.90. The summed E-state index contributed by atoms with van der Waals surface area (Å²) in [6.45, 7) is 2.69. The summed E-state index contributed by atoms with van der Waals surface area (Å²) < 4.78 is 11.2. The van der Waals surface area contributed by atoms with Crippen molar-refractivity contribution in [3.05, 3.63) is 36.2 Å². The zero-order valence-corrected chi connectivity index (χ0v) is 14.3. The minimum absolute atomic E-state index is 0.168. The number of benzene rings is 1. The Balaban J connectivity index is 1.41. The van der Waals surface area contributed by atoms with E-state index >= 15 is 0 Å². The first kappa shape index (κ1) is 16.1. The Morgan fingerprint density at radius 1 is 1.28 bits per heavy atom. The topological polar surface area (TPSA) is 76.4 Å². The number of carbonyl (C=O) groups is 1. The highest BCUT2D eigenvalue weighted by Gasteiger charge is 2.38. The van der Waals surface area contributed by atoms with Crippen LogP contribution >= 0.6 is 0 Å². The largest absolute Gasteiger partial charge is 0.444 e. The number of fused-ring (bicyclic) bond motifs is 1. The van der Waals surface area contributed by atoms with E-state index in [1.54, 1.807) is 6.26 Å². The SMILES string of the molecule is Cc1coc(-c2cccc(NC(=O)NC3CCCC4OCCC34)c2)n1. The molecule has 6 heteroatoms. The first-order chi connectivity index (χ1) is 12.2. The fourth-order valence-corrected chi connectivity index (χ4v) is 3.91. The zero-order valence-electron chi connectivity index (χ0n) is 14.3. The normalized spacial score (nSPS) is 25.4. The Morgan fingerprint density at radius 3 is 3.04 bits per heavy atom. The van der Waals surface area contributed by atoms with Crippen molar-refractivity contribution in [2.75, 3.05) is 11.9 Å². The molecule has 3 unspecified atom stereocenters. The summed E-state index contributed by atoms with van der Waals surface area (Å²) >= 11 is 0. The number of aromatic nitrogens is 1. The van der Waals surface area contributed by atoms with Gasteiger partial charge < -0.3 is 19.8 Å². The van der Waals surface area contributed by atoms with Crippen LogP contribution in [0.4, 0.5) is 10.5 Å². The predicted molar refractivity (Wildman–Crippen MR) is 94.3 cm³/mol. The molecule has 2 heterocycles. The van der Waals surface area contributed by atoms with Gasteiger partial charge in [0, 0.05) is 29.8 Å². The number of nitrogens with zero attached hydrogens (tertiary/aromatic N) is 1. The third-order valence-corrected chi connectivity index (χ3v) is 5.08. The smallest absolute Gasteiger partial charge is 0.319 e. The second-order valence-corrected chi connectivity index (χ2v) is 6.87. The van der Waals surface area contributed by atoms with Gasteiger partial charge in [0.25, 0.3) is 0 Å². The molecule has 1 saturated carbocycles. The number of hydrogen-bond acceptors (Lipinski definition) is 4. The minimum Gasteiger partial charge on any atom is -0.444 e. The molecule has 0 bridgehead atoms. The van der Waals surface area contributed by atoms with Gasteiger partial charge in [-0.05, 0) is 50.8 Å². The van der Waals surface area contributed by atoms with Gasteiger partial charge in [-0.25, -0.2) is 9.78 Å². The molecule has 2 fully saturated rings. The maximum Gasteiger partial charge on any atom is 0.319 e. The van der Waals surface area contributed by atoms with Crippen molar-refractivity contribution in [2.45, 2.75) is 44.8 Å². The molecule has 1 saturated heterocycles. The maximum atomic E-state index is 12.4. The van der Waals surface area contributed by atoms with E-state index in [1.807, 2.05) is 31.2 Å². The third-order valence-electron chi connectivity index (χ3n) is 5.08. The van der Waals surface area contributed by atoms with Gasteiger partial charge in [0.05, 0.1) is 11.8 Å². The van der Waals surface area contributed by atoms with Crippen molar-refractivity contribution < 1.29 is 13.9 Å². The summed E-state index contributed by atoms with van der Waals surface area (Å²) in [5, 5.41) is 6.06. The molecule has 0 spiro atoms. The van der Waals surface area contributed by atoms with Crippen molar-refractivity contribution in [1.82, 2.24) is 10.3 Å². The van der Waals surface area contributed by atoms with Gasteiger partial charge >= 0.3 is 6.03 Å². The van der Waals surface area contributed by atoms with E-state index < -0.39 is 0 Å². The van der Waals surface area contributed by atoms with Gasteiger partial charge in [0.15, 0.2) is 0 Å². The van der Waals surface area contributed by atoms with Gasteiger partial charge in [0.1, 0.15) is 6.26 Å². The van der Waals surface area contributed by atoms with Crippen LogP contribution < -0.4 is 10.6 Å². The third kappa shape index (κ3) is 3.54. The van der Waals surface area contributed by atoms with Crippen LogP contribution in [0.5, 0.6) is 0 Å². The van der Waals surface area contributed by atoms with E-state index in [0.29, 0.717) is 17.9 Å². The standard InChI is InChI=1S/C19H23N3O3/c1-12-11-25-18(20-12)13-4-2-5-14(10-13)21-19(23)22-16-6-3-7-17-15(16)8-9-24-17/h2,4-5,10-11,15-17H,3,6-9H2,1H3,(H2,21,22,23). The molecule has 1 aliphatic heterocycles. The van der Waals surface area contributed by atoms with Crippen LogP contribution in [0.15, 0.2) is 34.9 Å². The van der Waals surface area contributed by atoms with Crippen molar-refractivity contribution >= 4 is 11.7 Å². The molecular formula is C19H23N3O3. The number of anilines is 1. The molecule has 0 radical (unpaired) electrons. The van der Waals surface area contributed by atoms with Gasteiger partial charge in [-0.3, -0.25) is 0 Å². The first-order valence-electron chi connectivity index (χ1n) is 8.91. The van der Waals surface area contributed by atoms with E-state index in [2.05, 4.69) is 15.6 Å².